The molecule has 22 heavy (non-hydrogen) atoms. The smallest absolute Gasteiger partial charge is 0.0351 e. The van der Waals surface area contributed by atoms with Crippen LogP contribution in [0.3, 0.4) is 0 Å². The lowest BCUT2D eigenvalue weighted by molar-refractivity contribution is 0.557. The molecule has 0 aromatic heterocycles. The van der Waals surface area contributed by atoms with Gasteiger partial charge in [0, 0.05) is 0 Å². The second kappa shape index (κ2) is 20.7. The average molecular weight is 309 g/mol. The van der Waals surface area contributed by atoms with Gasteiger partial charge in [-0.3, -0.25) is 0 Å². The van der Waals surface area contributed by atoms with Crippen LogP contribution in [0.15, 0.2) is 12.2 Å². The number of rotatable bonds is 18. The Morgan fingerprint density at radius 3 is 0.955 bits per heavy atom. The first kappa shape index (κ1) is 21.7. The summed E-state index contributed by atoms with van der Waals surface area (Å²) >= 11 is 0. The highest BCUT2D eigenvalue weighted by Crippen LogP contribution is 2.12. The number of allylic oxidation sites excluding steroid dienone is 2. The standard InChI is InChI=1S/C22H44/c1-3-5-7-9-11-13-15-17-19-21-22-20-18-16-14-12-10-8-6-4-2/h17,19H,3-16,18,20-22H2,1-2H3/b19-17-. The SMILES string of the molecule is CCCCCCCC/C=C\CCCCCCCCCCCC. The molecule has 0 spiro atoms. The lowest BCUT2D eigenvalue weighted by atomic mass is 10.1. The van der Waals surface area contributed by atoms with Crippen molar-refractivity contribution in [1.29, 1.82) is 0 Å². The number of hydrogen-bond acceptors (Lipinski definition) is 0. The molecule has 0 aliphatic rings. The molecule has 0 aliphatic carbocycles. The molecule has 0 aromatic carbocycles. The van der Waals surface area contributed by atoms with Crippen LogP contribution in [0, 0.1) is 0 Å². The Balaban J connectivity index is 3.02. The molecule has 0 radical (unpaired) electrons. The van der Waals surface area contributed by atoms with Crippen molar-refractivity contribution < 1.29 is 0 Å². The van der Waals surface area contributed by atoms with Gasteiger partial charge in [-0.05, 0) is 25.7 Å². The van der Waals surface area contributed by atoms with Gasteiger partial charge in [-0.2, -0.15) is 0 Å². The van der Waals surface area contributed by atoms with Gasteiger partial charge in [0.1, 0.15) is 0 Å². The monoisotopic (exact) mass is 308 g/mol. The topological polar surface area (TPSA) is 0 Å². The van der Waals surface area contributed by atoms with Crippen LogP contribution < -0.4 is 0 Å². The quantitative estimate of drug-likeness (QED) is 0.176. The minimum atomic E-state index is 1.31. The van der Waals surface area contributed by atoms with Crippen molar-refractivity contribution in [1.82, 2.24) is 0 Å². The van der Waals surface area contributed by atoms with E-state index in [-0.39, 0.29) is 0 Å². The van der Waals surface area contributed by atoms with Crippen LogP contribution in [0.1, 0.15) is 129 Å². The fraction of sp³-hybridized carbons (Fsp3) is 0.909. The molecule has 0 fully saturated rings. The van der Waals surface area contributed by atoms with Crippen molar-refractivity contribution in [2.45, 2.75) is 129 Å². The summed E-state index contributed by atoms with van der Waals surface area (Å²) in [6.45, 7) is 4.58. The van der Waals surface area contributed by atoms with Crippen LogP contribution in [0.4, 0.5) is 0 Å². The lowest BCUT2D eigenvalue weighted by Crippen LogP contribution is -1.81. The van der Waals surface area contributed by atoms with E-state index < -0.39 is 0 Å². The highest BCUT2D eigenvalue weighted by Gasteiger charge is 1.92. The normalized spacial score (nSPS) is 11.5. The van der Waals surface area contributed by atoms with Crippen molar-refractivity contribution in [3.63, 3.8) is 0 Å². The summed E-state index contributed by atoms with van der Waals surface area (Å²) < 4.78 is 0. The van der Waals surface area contributed by atoms with E-state index in [0.29, 0.717) is 0 Å². The summed E-state index contributed by atoms with van der Waals surface area (Å²) in [5.41, 5.74) is 0. The average Bonchev–Trinajstić information content (AvgIpc) is 2.54. The predicted octanol–water partition coefficient (Wildman–Crippen LogP) is 8.60. The predicted molar refractivity (Wildman–Crippen MR) is 104 cm³/mol. The molecule has 0 aromatic rings. The molecule has 0 nitrogen and oxygen atoms in total. The Kier molecular flexibility index (Phi) is 20.5. The van der Waals surface area contributed by atoms with Crippen molar-refractivity contribution in [3.8, 4) is 0 Å². The molecule has 0 bridgehead atoms. The Labute approximate surface area is 142 Å². The Hall–Kier alpha value is -0.260. The van der Waals surface area contributed by atoms with Gasteiger partial charge in [-0.25, -0.2) is 0 Å². The summed E-state index contributed by atoms with van der Waals surface area (Å²) in [6.07, 6.45) is 30.4. The molecule has 0 aliphatic heterocycles. The van der Waals surface area contributed by atoms with E-state index in [0.717, 1.165) is 0 Å². The van der Waals surface area contributed by atoms with Crippen LogP contribution in [-0.2, 0) is 0 Å². The van der Waals surface area contributed by atoms with Gasteiger partial charge >= 0.3 is 0 Å². The maximum atomic E-state index is 2.43. The van der Waals surface area contributed by atoms with Crippen LogP contribution in [0.2, 0.25) is 0 Å². The fourth-order valence-electron chi connectivity index (χ4n) is 3.03. The summed E-state index contributed by atoms with van der Waals surface area (Å²) in [6, 6.07) is 0. The molecule has 0 heterocycles. The van der Waals surface area contributed by atoms with Gasteiger partial charge in [0.05, 0.1) is 0 Å². The zero-order valence-electron chi connectivity index (χ0n) is 15.9. The maximum absolute atomic E-state index is 2.43. The Morgan fingerprint density at radius 2 is 0.636 bits per heavy atom. The van der Waals surface area contributed by atoms with Gasteiger partial charge in [-0.1, -0.05) is 116 Å². The van der Waals surface area contributed by atoms with E-state index in [9.17, 15) is 0 Å². The van der Waals surface area contributed by atoms with Crippen LogP contribution in [-0.4, -0.2) is 0 Å². The first-order valence-corrected chi connectivity index (χ1v) is 10.6. The van der Waals surface area contributed by atoms with E-state index in [1.807, 2.05) is 0 Å². The third-order valence-electron chi connectivity index (χ3n) is 4.62. The van der Waals surface area contributed by atoms with Crippen LogP contribution in [0.25, 0.3) is 0 Å². The van der Waals surface area contributed by atoms with E-state index in [4.69, 9.17) is 0 Å². The zero-order chi connectivity index (χ0) is 16.1. The molecule has 0 saturated heterocycles. The minimum Gasteiger partial charge on any atom is -0.0885 e. The summed E-state index contributed by atoms with van der Waals surface area (Å²) in [5.74, 6) is 0. The molecule has 0 unspecified atom stereocenters. The molecular formula is C22H44. The maximum Gasteiger partial charge on any atom is -0.0351 e. The molecule has 0 atom stereocenters. The van der Waals surface area contributed by atoms with Crippen molar-refractivity contribution >= 4 is 0 Å². The number of hydrogen-bond donors (Lipinski definition) is 0. The Morgan fingerprint density at radius 1 is 0.364 bits per heavy atom. The molecular weight excluding hydrogens is 264 g/mol. The van der Waals surface area contributed by atoms with Gasteiger partial charge in [0.15, 0.2) is 0 Å². The highest BCUT2D eigenvalue weighted by atomic mass is 14.0. The first-order valence-electron chi connectivity index (χ1n) is 10.6. The third-order valence-corrected chi connectivity index (χ3v) is 4.62. The second-order valence-electron chi connectivity index (χ2n) is 7.00. The molecule has 0 saturated carbocycles. The second-order valence-corrected chi connectivity index (χ2v) is 7.00. The summed E-state index contributed by atoms with van der Waals surface area (Å²) in [4.78, 5) is 0. The molecule has 0 N–H and O–H groups in total. The van der Waals surface area contributed by atoms with E-state index >= 15 is 0 Å². The molecule has 0 heteroatoms. The van der Waals surface area contributed by atoms with E-state index in [2.05, 4.69) is 26.0 Å². The van der Waals surface area contributed by atoms with Crippen LogP contribution in [0.5, 0.6) is 0 Å². The lowest BCUT2D eigenvalue weighted by Gasteiger charge is -2.01. The first-order chi connectivity index (χ1) is 10.9. The van der Waals surface area contributed by atoms with Crippen molar-refractivity contribution in [2.75, 3.05) is 0 Å². The Bertz CT molecular complexity index is 204. The minimum absolute atomic E-state index is 1.31. The zero-order valence-corrected chi connectivity index (χ0v) is 15.9. The summed E-state index contributed by atoms with van der Waals surface area (Å²) in [5, 5.41) is 0. The molecule has 0 rings (SSSR count). The van der Waals surface area contributed by atoms with Gasteiger partial charge < -0.3 is 0 Å². The van der Waals surface area contributed by atoms with Crippen molar-refractivity contribution in [3.05, 3.63) is 12.2 Å². The number of unbranched alkanes of at least 4 members (excludes halogenated alkanes) is 16. The highest BCUT2D eigenvalue weighted by molar-refractivity contribution is 4.81. The van der Waals surface area contributed by atoms with E-state index in [1.54, 1.807) is 0 Å². The third kappa shape index (κ3) is 19.7. The largest absolute Gasteiger partial charge is 0.0885 e. The molecule has 0 amide bonds. The van der Waals surface area contributed by atoms with E-state index in [1.165, 1.54) is 116 Å². The molecule has 132 valence electrons. The van der Waals surface area contributed by atoms with Gasteiger partial charge in [0.2, 0.25) is 0 Å². The van der Waals surface area contributed by atoms with Gasteiger partial charge in [0.25, 0.3) is 0 Å². The fourth-order valence-corrected chi connectivity index (χ4v) is 3.03. The van der Waals surface area contributed by atoms with Crippen molar-refractivity contribution in [2.24, 2.45) is 0 Å². The van der Waals surface area contributed by atoms with Crippen LogP contribution >= 0.6 is 0 Å². The summed E-state index contributed by atoms with van der Waals surface area (Å²) in [7, 11) is 0. The van der Waals surface area contributed by atoms with Gasteiger partial charge in [-0.15, -0.1) is 0 Å².